The van der Waals surface area contributed by atoms with Crippen molar-refractivity contribution in [2.45, 2.75) is 20.0 Å². The molecule has 1 aromatic carbocycles. The summed E-state index contributed by atoms with van der Waals surface area (Å²) in [5, 5.41) is 10.5. The van der Waals surface area contributed by atoms with Crippen molar-refractivity contribution >= 4 is 11.7 Å². The standard InChI is InChI=1S/C12H15NO5/c1-8(2)11(12(14)17-3)18-10-6-4-9(5-7-10)13(15)16/h4-8,11H,1-3H3. The first-order chi connectivity index (χ1) is 8.45. The van der Waals surface area contributed by atoms with Gasteiger partial charge in [-0.05, 0) is 12.1 Å². The van der Waals surface area contributed by atoms with Crippen molar-refractivity contribution in [1.82, 2.24) is 0 Å². The third-order valence-corrected chi connectivity index (χ3v) is 2.35. The van der Waals surface area contributed by atoms with Gasteiger partial charge < -0.3 is 9.47 Å². The smallest absolute Gasteiger partial charge is 0.347 e. The first-order valence-corrected chi connectivity index (χ1v) is 5.44. The van der Waals surface area contributed by atoms with Crippen LogP contribution in [0.2, 0.25) is 0 Å². The number of benzene rings is 1. The summed E-state index contributed by atoms with van der Waals surface area (Å²) in [6.07, 6.45) is -0.726. The van der Waals surface area contributed by atoms with Crippen LogP contribution < -0.4 is 4.74 Å². The molecular weight excluding hydrogens is 238 g/mol. The highest BCUT2D eigenvalue weighted by Gasteiger charge is 2.25. The number of nitro benzene ring substituents is 1. The summed E-state index contributed by atoms with van der Waals surface area (Å²) in [7, 11) is 1.29. The topological polar surface area (TPSA) is 78.7 Å². The molecule has 0 radical (unpaired) electrons. The highest BCUT2D eigenvalue weighted by atomic mass is 16.6. The van der Waals surface area contributed by atoms with Gasteiger partial charge in [0.2, 0.25) is 0 Å². The molecule has 0 aliphatic carbocycles. The van der Waals surface area contributed by atoms with E-state index >= 15 is 0 Å². The Labute approximate surface area is 105 Å². The summed E-state index contributed by atoms with van der Waals surface area (Å²) < 4.78 is 10.1. The average Bonchev–Trinajstić information content (AvgIpc) is 2.35. The van der Waals surface area contributed by atoms with E-state index in [1.807, 2.05) is 13.8 Å². The van der Waals surface area contributed by atoms with Crippen LogP contribution in [0.4, 0.5) is 5.69 Å². The predicted octanol–water partition coefficient (Wildman–Crippen LogP) is 2.17. The molecule has 98 valence electrons. The lowest BCUT2D eigenvalue weighted by Gasteiger charge is -2.19. The van der Waals surface area contributed by atoms with Crippen LogP contribution in [-0.2, 0) is 9.53 Å². The van der Waals surface area contributed by atoms with E-state index in [1.165, 1.54) is 31.4 Å². The minimum atomic E-state index is -0.726. The van der Waals surface area contributed by atoms with Gasteiger partial charge in [-0.25, -0.2) is 4.79 Å². The highest BCUT2D eigenvalue weighted by molar-refractivity contribution is 5.75. The molecule has 0 aliphatic heterocycles. The summed E-state index contributed by atoms with van der Waals surface area (Å²) in [5.74, 6) is -0.138. The van der Waals surface area contributed by atoms with E-state index in [1.54, 1.807) is 0 Å². The second-order valence-electron chi connectivity index (χ2n) is 4.06. The molecule has 0 saturated heterocycles. The van der Waals surface area contributed by atoms with Crippen molar-refractivity contribution in [3.05, 3.63) is 34.4 Å². The zero-order valence-corrected chi connectivity index (χ0v) is 10.5. The maximum Gasteiger partial charge on any atom is 0.347 e. The van der Waals surface area contributed by atoms with E-state index in [9.17, 15) is 14.9 Å². The van der Waals surface area contributed by atoms with Gasteiger partial charge in [0.15, 0.2) is 6.10 Å². The molecule has 0 fully saturated rings. The van der Waals surface area contributed by atoms with E-state index in [0.717, 1.165) is 0 Å². The molecular formula is C12H15NO5. The van der Waals surface area contributed by atoms with Gasteiger partial charge in [-0.3, -0.25) is 10.1 Å². The second kappa shape index (κ2) is 6.00. The third kappa shape index (κ3) is 3.44. The molecule has 6 nitrogen and oxygen atoms in total. The lowest BCUT2D eigenvalue weighted by atomic mass is 10.1. The van der Waals surface area contributed by atoms with Crippen molar-refractivity contribution in [2.75, 3.05) is 7.11 Å². The Hall–Kier alpha value is -2.11. The van der Waals surface area contributed by atoms with Crippen LogP contribution in [0.15, 0.2) is 24.3 Å². The monoisotopic (exact) mass is 253 g/mol. The molecule has 0 spiro atoms. The quantitative estimate of drug-likeness (QED) is 0.456. The van der Waals surface area contributed by atoms with Gasteiger partial charge in [-0.1, -0.05) is 13.8 Å². The van der Waals surface area contributed by atoms with E-state index in [0.29, 0.717) is 5.75 Å². The van der Waals surface area contributed by atoms with Crippen molar-refractivity contribution in [1.29, 1.82) is 0 Å². The van der Waals surface area contributed by atoms with Gasteiger partial charge in [0.25, 0.3) is 5.69 Å². The molecule has 0 bridgehead atoms. The fourth-order valence-corrected chi connectivity index (χ4v) is 1.37. The summed E-state index contributed by atoms with van der Waals surface area (Å²) in [6.45, 7) is 3.65. The highest BCUT2D eigenvalue weighted by Crippen LogP contribution is 2.20. The molecule has 1 aromatic rings. The Morgan fingerprint density at radius 3 is 2.22 bits per heavy atom. The number of nitrogens with zero attached hydrogens (tertiary/aromatic N) is 1. The van der Waals surface area contributed by atoms with Crippen molar-refractivity contribution in [2.24, 2.45) is 5.92 Å². The van der Waals surface area contributed by atoms with Crippen molar-refractivity contribution < 1.29 is 19.2 Å². The summed E-state index contributed by atoms with van der Waals surface area (Å²) in [6, 6.07) is 5.56. The average molecular weight is 253 g/mol. The van der Waals surface area contributed by atoms with E-state index in [-0.39, 0.29) is 11.6 Å². The molecule has 1 unspecified atom stereocenters. The molecule has 0 aliphatic rings. The number of non-ortho nitro benzene ring substituents is 1. The number of nitro groups is 1. The van der Waals surface area contributed by atoms with Crippen LogP contribution in [0.1, 0.15) is 13.8 Å². The lowest BCUT2D eigenvalue weighted by molar-refractivity contribution is -0.384. The van der Waals surface area contributed by atoms with Crippen LogP contribution in [0, 0.1) is 16.0 Å². The molecule has 1 atom stereocenters. The summed E-state index contributed by atoms with van der Waals surface area (Å²) >= 11 is 0. The van der Waals surface area contributed by atoms with Crippen molar-refractivity contribution in [3.63, 3.8) is 0 Å². The number of carbonyl (C=O) groups excluding carboxylic acids is 1. The first kappa shape index (κ1) is 14.0. The Balaban J connectivity index is 2.81. The first-order valence-electron chi connectivity index (χ1n) is 5.44. The molecule has 0 aromatic heterocycles. The Morgan fingerprint density at radius 1 is 1.28 bits per heavy atom. The van der Waals surface area contributed by atoms with Gasteiger partial charge >= 0.3 is 5.97 Å². The number of rotatable bonds is 5. The number of methoxy groups -OCH3 is 1. The van der Waals surface area contributed by atoms with Crippen LogP contribution in [0.5, 0.6) is 5.75 Å². The van der Waals surface area contributed by atoms with Crippen LogP contribution in [0.3, 0.4) is 0 Å². The molecule has 0 amide bonds. The maximum atomic E-state index is 11.5. The Morgan fingerprint density at radius 2 is 1.83 bits per heavy atom. The third-order valence-electron chi connectivity index (χ3n) is 2.35. The van der Waals surface area contributed by atoms with Gasteiger partial charge in [-0.2, -0.15) is 0 Å². The largest absolute Gasteiger partial charge is 0.478 e. The molecule has 0 N–H and O–H groups in total. The zero-order chi connectivity index (χ0) is 13.7. The molecule has 0 saturated carbocycles. The maximum absolute atomic E-state index is 11.5. The fraction of sp³-hybridized carbons (Fsp3) is 0.417. The number of hydrogen-bond acceptors (Lipinski definition) is 5. The lowest BCUT2D eigenvalue weighted by Crippen LogP contribution is -2.33. The van der Waals surface area contributed by atoms with Crippen LogP contribution in [0.25, 0.3) is 0 Å². The minimum absolute atomic E-state index is 0.0264. The van der Waals surface area contributed by atoms with Crippen LogP contribution in [-0.4, -0.2) is 24.1 Å². The molecule has 18 heavy (non-hydrogen) atoms. The second-order valence-corrected chi connectivity index (χ2v) is 4.06. The van der Waals surface area contributed by atoms with Crippen molar-refractivity contribution in [3.8, 4) is 5.75 Å². The fourth-order valence-electron chi connectivity index (χ4n) is 1.37. The number of carbonyl (C=O) groups is 1. The van der Waals surface area contributed by atoms with E-state index < -0.39 is 17.0 Å². The Bertz CT molecular complexity index is 427. The van der Waals surface area contributed by atoms with Gasteiger partial charge in [0, 0.05) is 18.1 Å². The number of ether oxygens (including phenoxy) is 2. The van der Waals surface area contributed by atoms with Crippen LogP contribution >= 0.6 is 0 Å². The molecule has 6 heteroatoms. The Kier molecular flexibility index (Phi) is 4.65. The number of hydrogen-bond donors (Lipinski definition) is 0. The summed E-state index contributed by atoms with van der Waals surface area (Å²) in [4.78, 5) is 21.5. The molecule has 0 heterocycles. The normalized spacial score (nSPS) is 12.0. The van der Waals surface area contributed by atoms with Gasteiger partial charge in [0.05, 0.1) is 12.0 Å². The molecule has 1 rings (SSSR count). The van der Waals surface area contributed by atoms with E-state index in [4.69, 9.17) is 4.74 Å². The predicted molar refractivity (Wildman–Crippen MR) is 64.4 cm³/mol. The van der Waals surface area contributed by atoms with Gasteiger partial charge in [0.1, 0.15) is 5.75 Å². The minimum Gasteiger partial charge on any atom is -0.478 e. The number of esters is 1. The van der Waals surface area contributed by atoms with Gasteiger partial charge in [-0.15, -0.1) is 0 Å². The SMILES string of the molecule is COC(=O)C(Oc1ccc([N+](=O)[O-])cc1)C(C)C. The van der Waals surface area contributed by atoms with E-state index in [2.05, 4.69) is 4.74 Å². The summed E-state index contributed by atoms with van der Waals surface area (Å²) in [5.41, 5.74) is -0.0264. The zero-order valence-electron chi connectivity index (χ0n) is 10.5.